The van der Waals surface area contributed by atoms with Crippen molar-refractivity contribution in [3.8, 4) is 0 Å². The molecule has 1 aromatic rings. The topological polar surface area (TPSA) is 12.0 Å². The summed E-state index contributed by atoms with van der Waals surface area (Å²) in [6, 6.07) is 10.7. The number of allylic oxidation sites excluding steroid dienone is 1. The van der Waals surface area contributed by atoms with Gasteiger partial charge >= 0.3 is 0 Å². The molecular weight excluding hydrogens is 194 g/mol. The summed E-state index contributed by atoms with van der Waals surface area (Å²) in [7, 11) is 0. The highest BCUT2D eigenvalue weighted by molar-refractivity contribution is 5.85. The highest BCUT2D eigenvalue weighted by atomic mass is 35.5. The third-order valence-corrected chi connectivity index (χ3v) is 2.44. The maximum atomic E-state index is 3.37. The van der Waals surface area contributed by atoms with Crippen LogP contribution < -0.4 is 5.32 Å². The van der Waals surface area contributed by atoms with Gasteiger partial charge in [0.1, 0.15) is 0 Å². The molecule has 0 atom stereocenters. The van der Waals surface area contributed by atoms with Crippen LogP contribution >= 0.6 is 12.4 Å². The molecule has 0 radical (unpaired) electrons. The summed E-state index contributed by atoms with van der Waals surface area (Å²) >= 11 is 0. The number of nitrogens with one attached hydrogen (secondary N) is 1. The SMILES string of the molecule is C1=C(c2ccccc2)CCCNC1.Cl. The van der Waals surface area contributed by atoms with Crippen molar-refractivity contribution < 1.29 is 0 Å². The van der Waals surface area contributed by atoms with Gasteiger partial charge in [-0.05, 0) is 30.5 Å². The summed E-state index contributed by atoms with van der Waals surface area (Å²) in [5.74, 6) is 0. The first-order valence-corrected chi connectivity index (χ1v) is 4.92. The fraction of sp³-hybridized carbons (Fsp3) is 0.333. The molecule has 0 fully saturated rings. The van der Waals surface area contributed by atoms with E-state index < -0.39 is 0 Å². The molecule has 1 aliphatic rings. The molecule has 0 spiro atoms. The molecule has 14 heavy (non-hydrogen) atoms. The molecule has 1 heterocycles. The normalized spacial score (nSPS) is 16.4. The number of halogens is 1. The molecule has 0 bridgehead atoms. The van der Waals surface area contributed by atoms with Crippen LogP contribution in [0.4, 0.5) is 0 Å². The first-order chi connectivity index (χ1) is 6.47. The van der Waals surface area contributed by atoms with Gasteiger partial charge in [0.15, 0.2) is 0 Å². The van der Waals surface area contributed by atoms with Crippen LogP contribution in [-0.4, -0.2) is 13.1 Å². The minimum atomic E-state index is 0. The van der Waals surface area contributed by atoms with Gasteiger partial charge in [-0.2, -0.15) is 0 Å². The molecule has 1 aromatic carbocycles. The average molecular weight is 210 g/mol. The van der Waals surface area contributed by atoms with Crippen LogP contribution in [0.25, 0.3) is 5.57 Å². The average Bonchev–Trinajstić information content (AvgIpc) is 2.47. The number of rotatable bonds is 1. The molecule has 0 saturated heterocycles. The Labute approximate surface area is 91.6 Å². The Morgan fingerprint density at radius 3 is 2.64 bits per heavy atom. The summed E-state index contributed by atoms with van der Waals surface area (Å²) in [6.07, 6.45) is 4.76. The lowest BCUT2D eigenvalue weighted by atomic mass is 10.0. The summed E-state index contributed by atoms with van der Waals surface area (Å²) in [6.45, 7) is 2.16. The lowest BCUT2D eigenvalue weighted by Gasteiger charge is -2.03. The zero-order valence-corrected chi connectivity index (χ0v) is 9.02. The predicted octanol–water partition coefficient (Wildman–Crippen LogP) is 2.88. The van der Waals surface area contributed by atoms with Gasteiger partial charge in [-0.25, -0.2) is 0 Å². The summed E-state index contributed by atoms with van der Waals surface area (Å²) in [5, 5.41) is 3.37. The smallest absolute Gasteiger partial charge is 0.0140 e. The fourth-order valence-corrected chi connectivity index (χ4v) is 1.72. The van der Waals surface area contributed by atoms with E-state index in [4.69, 9.17) is 0 Å². The Hall–Kier alpha value is -0.790. The lowest BCUT2D eigenvalue weighted by molar-refractivity contribution is 0.723. The summed E-state index contributed by atoms with van der Waals surface area (Å²) in [5.41, 5.74) is 2.87. The molecule has 0 aliphatic carbocycles. The molecule has 2 rings (SSSR count). The number of hydrogen-bond acceptors (Lipinski definition) is 1. The van der Waals surface area contributed by atoms with Gasteiger partial charge in [0, 0.05) is 6.54 Å². The molecule has 76 valence electrons. The van der Waals surface area contributed by atoms with E-state index in [0.717, 1.165) is 13.1 Å². The second-order valence-corrected chi connectivity index (χ2v) is 3.40. The van der Waals surface area contributed by atoms with Crippen molar-refractivity contribution in [1.82, 2.24) is 5.32 Å². The lowest BCUT2D eigenvalue weighted by Crippen LogP contribution is -2.12. The molecule has 1 aliphatic heterocycles. The quantitative estimate of drug-likeness (QED) is 0.750. The maximum absolute atomic E-state index is 3.37. The van der Waals surface area contributed by atoms with Crippen LogP contribution in [0.15, 0.2) is 36.4 Å². The highest BCUT2D eigenvalue weighted by Gasteiger charge is 2.03. The number of benzene rings is 1. The molecule has 0 aromatic heterocycles. The van der Waals surface area contributed by atoms with Crippen LogP contribution in [0, 0.1) is 0 Å². The maximum Gasteiger partial charge on any atom is 0.0140 e. The summed E-state index contributed by atoms with van der Waals surface area (Å²) in [4.78, 5) is 0. The van der Waals surface area contributed by atoms with Crippen molar-refractivity contribution in [2.45, 2.75) is 12.8 Å². The van der Waals surface area contributed by atoms with E-state index in [-0.39, 0.29) is 12.4 Å². The highest BCUT2D eigenvalue weighted by Crippen LogP contribution is 2.19. The zero-order chi connectivity index (χ0) is 8.93. The van der Waals surface area contributed by atoms with Crippen molar-refractivity contribution in [2.75, 3.05) is 13.1 Å². The minimum Gasteiger partial charge on any atom is -0.313 e. The standard InChI is InChI=1S/C12H15N.ClH/c1-2-5-11(6-3-1)12-7-4-9-13-10-8-12;/h1-3,5-6,8,13H,4,7,9-10H2;1H. The molecule has 1 N–H and O–H groups in total. The van der Waals surface area contributed by atoms with Gasteiger partial charge in [0.2, 0.25) is 0 Å². The first-order valence-electron chi connectivity index (χ1n) is 4.92. The van der Waals surface area contributed by atoms with Crippen LogP contribution in [-0.2, 0) is 0 Å². The molecule has 0 saturated carbocycles. The van der Waals surface area contributed by atoms with E-state index in [1.54, 1.807) is 0 Å². The number of hydrogen-bond donors (Lipinski definition) is 1. The second-order valence-electron chi connectivity index (χ2n) is 3.40. The van der Waals surface area contributed by atoms with Crippen molar-refractivity contribution in [3.63, 3.8) is 0 Å². The van der Waals surface area contributed by atoms with Gasteiger partial charge in [-0.3, -0.25) is 0 Å². The second kappa shape index (κ2) is 5.84. The molecule has 0 amide bonds. The van der Waals surface area contributed by atoms with E-state index in [1.165, 1.54) is 24.0 Å². The Morgan fingerprint density at radius 2 is 1.86 bits per heavy atom. The fourth-order valence-electron chi connectivity index (χ4n) is 1.72. The Bertz CT molecular complexity index is 292. The predicted molar refractivity (Wildman–Crippen MR) is 63.8 cm³/mol. The molecule has 0 unspecified atom stereocenters. The van der Waals surface area contributed by atoms with Gasteiger partial charge < -0.3 is 5.32 Å². The van der Waals surface area contributed by atoms with Crippen LogP contribution in [0.3, 0.4) is 0 Å². The van der Waals surface area contributed by atoms with E-state index in [0.29, 0.717) is 0 Å². The Balaban J connectivity index is 0.000000980. The van der Waals surface area contributed by atoms with Crippen molar-refractivity contribution in [1.29, 1.82) is 0 Å². The monoisotopic (exact) mass is 209 g/mol. The largest absolute Gasteiger partial charge is 0.313 e. The minimum absolute atomic E-state index is 0. The first kappa shape index (κ1) is 11.3. The van der Waals surface area contributed by atoms with E-state index in [9.17, 15) is 0 Å². The Morgan fingerprint density at radius 1 is 1.07 bits per heavy atom. The summed E-state index contributed by atoms with van der Waals surface area (Å²) < 4.78 is 0. The van der Waals surface area contributed by atoms with Gasteiger partial charge in [0.05, 0.1) is 0 Å². The van der Waals surface area contributed by atoms with Gasteiger partial charge in [-0.1, -0.05) is 36.4 Å². The van der Waals surface area contributed by atoms with E-state index in [2.05, 4.69) is 41.7 Å². The molecular formula is C12H16ClN. The van der Waals surface area contributed by atoms with Gasteiger partial charge in [-0.15, -0.1) is 12.4 Å². The Kier molecular flexibility index (Phi) is 4.71. The molecule has 1 nitrogen and oxygen atoms in total. The zero-order valence-electron chi connectivity index (χ0n) is 8.20. The third kappa shape index (κ3) is 2.86. The van der Waals surface area contributed by atoms with Crippen LogP contribution in [0.1, 0.15) is 18.4 Å². The third-order valence-electron chi connectivity index (χ3n) is 2.44. The van der Waals surface area contributed by atoms with E-state index >= 15 is 0 Å². The van der Waals surface area contributed by atoms with Crippen LogP contribution in [0.5, 0.6) is 0 Å². The van der Waals surface area contributed by atoms with E-state index in [1.807, 2.05) is 0 Å². The van der Waals surface area contributed by atoms with Crippen molar-refractivity contribution in [2.24, 2.45) is 0 Å². The van der Waals surface area contributed by atoms with Gasteiger partial charge in [0.25, 0.3) is 0 Å². The van der Waals surface area contributed by atoms with Crippen molar-refractivity contribution in [3.05, 3.63) is 42.0 Å². The molecule has 2 heteroatoms. The van der Waals surface area contributed by atoms with Crippen LogP contribution in [0.2, 0.25) is 0 Å². The van der Waals surface area contributed by atoms with Crippen molar-refractivity contribution >= 4 is 18.0 Å².